The van der Waals surface area contributed by atoms with Crippen LogP contribution in [0.1, 0.15) is 26.5 Å². The Bertz CT molecular complexity index is 746. The summed E-state index contributed by atoms with van der Waals surface area (Å²) in [6.45, 7) is 11.2. The van der Waals surface area contributed by atoms with E-state index in [2.05, 4.69) is 46.3 Å². The van der Waals surface area contributed by atoms with Gasteiger partial charge in [-0.3, -0.25) is 4.90 Å². The number of oxazole rings is 1. The molecular formula is C21H31N5O2. The highest BCUT2D eigenvalue weighted by molar-refractivity contribution is 5.79. The van der Waals surface area contributed by atoms with Crippen molar-refractivity contribution in [3.63, 3.8) is 0 Å². The molecule has 3 rings (SSSR count). The minimum Gasteiger partial charge on any atom is -0.444 e. The van der Waals surface area contributed by atoms with Crippen LogP contribution in [0, 0.1) is 0 Å². The molecule has 0 amide bonds. The monoisotopic (exact) mass is 385 g/mol. The number of guanidine groups is 1. The molecule has 2 unspecified atom stereocenters. The number of benzene rings is 1. The van der Waals surface area contributed by atoms with E-state index < -0.39 is 0 Å². The van der Waals surface area contributed by atoms with Crippen LogP contribution in [0.4, 0.5) is 0 Å². The molecule has 2 N–H and O–H groups in total. The number of nitrogens with zero attached hydrogens (tertiary/aromatic N) is 3. The van der Waals surface area contributed by atoms with Crippen LogP contribution in [0.15, 0.2) is 46.0 Å². The van der Waals surface area contributed by atoms with Crippen molar-refractivity contribution in [1.29, 1.82) is 0 Å². The Balaban J connectivity index is 1.56. The summed E-state index contributed by atoms with van der Waals surface area (Å²) in [5, 5.41) is 6.74. The second-order valence-corrected chi connectivity index (χ2v) is 7.10. The summed E-state index contributed by atoms with van der Waals surface area (Å²) in [5.41, 5.74) is 1.78. The van der Waals surface area contributed by atoms with Crippen molar-refractivity contribution >= 4 is 5.96 Å². The summed E-state index contributed by atoms with van der Waals surface area (Å²) in [6.07, 6.45) is 1.67. The third kappa shape index (κ3) is 5.56. The standard InChI is InChI=1S/C21H31N5O2/c1-4-22-21(23-12-16(2)26-10-11-27-14-17(26)3)24-13-19-15-28-20(25-19)18-8-6-5-7-9-18/h5-9,15-17H,4,10-14H2,1-3H3,(H2,22,23,24). The average Bonchev–Trinajstić information content (AvgIpc) is 3.20. The average molecular weight is 386 g/mol. The molecule has 7 nitrogen and oxygen atoms in total. The first-order chi connectivity index (χ1) is 13.7. The molecule has 2 atom stereocenters. The molecule has 2 aromatic rings. The molecule has 1 aliphatic heterocycles. The molecule has 2 heterocycles. The van der Waals surface area contributed by atoms with Gasteiger partial charge in [0.15, 0.2) is 5.96 Å². The molecule has 7 heteroatoms. The normalized spacial score (nSPS) is 19.4. The Labute approximate surface area is 167 Å². The summed E-state index contributed by atoms with van der Waals surface area (Å²) < 4.78 is 11.1. The van der Waals surface area contributed by atoms with Crippen LogP contribution in [0.5, 0.6) is 0 Å². The predicted molar refractivity (Wildman–Crippen MR) is 111 cm³/mol. The number of hydrogen-bond acceptors (Lipinski definition) is 5. The van der Waals surface area contributed by atoms with Gasteiger partial charge in [-0.05, 0) is 32.9 Å². The van der Waals surface area contributed by atoms with E-state index in [1.165, 1.54) is 0 Å². The number of hydrogen-bond donors (Lipinski definition) is 2. The molecule has 0 spiro atoms. The predicted octanol–water partition coefficient (Wildman–Crippen LogP) is 2.51. The van der Waals surface area contributed by atoms with E-state index in [0.717, 1.165) is 50.1 Å². The van der Waals surface area contributed by atoms with Gasteiger partial charge in [0.2, 0.25) is 5.89 Å². The number of aliphatic imine (C=N–C) groups is 1. The first-order valence-corrected chi connectivity index (χ1v) is 10.0. The lowest BCUT2D eigenvalue weighted by Crippen LogP contribution is -2.53. The third-order valence-corrected chi connectivity index (χ3v) is 4.87. The van der Waals surface area contributed by atoms with Gasteiger partial charge in [0.05, 0.1) is 19.8 Å². The molecule has 1 saturated heterocycles. The summed E-state index contributed by atoms with van der Waals surface area (Å²) in [6, 6.07) is 10.7. The van der Waals surface area contributed by atoms with E-state index in [0.29, 0.717) is 24.5 Å². The van der Waals surface area contributed by atoms with Gasteiger partial charge in [-0.15, -0.1) is 0 Å². The Hall–Kier alpha value is -2.38. The van der Waals surface area contributed by atoms with Crippen LogP contribution in [0.2, 0.25) is 0 Å². The fourth-order valence-corrected chi connectivity index (χ4v) is 3.35. The summed E-state index contributed by atoms with van der Waals surface area (Å²) in [7, 11) is 0. The van der Waals surface area contributed by atoms with E-state index in [9.17, 15) is 0 Å². The molecule has 0 bridgehead atoms. The van der Waals surface area contributed by atoms with E-state index in [1.807, 2.05) is 30.3 Å². The topological polar surface area (TPSA) is 74.9 Å². The maximum atomic E-state index is 5.59. The van der Waals surface area contributed by atoms with Crippen molar-refractivity contribution in [2.24, 2.45) is 4.99 Å². The zero-order chi connectivity index (χ0) is 19.8. The number of ether oxygens (including phenoxy) is 1. The lowest BCUT2D eigenvalue weighted by molar-refractivity contribution is -0.0174. The van der Waals surface area contributed by atoms with Crippen molar-refractivity contribution < 1.29 is 9.15 Å². The highest BCUT2D eigenvalue weighted by Crippen LogP contribution is 2.18. The molecule has 0 radical (unpaired) electrons. The number of nitrogens with one attached hydrogen (secondary N) is 2. The maximum Gasteiger partial charge on any atom is 0.226 e. The van der Waals surface area contributed by atoms with E-state index in [4.69, 9.17) is 9.15 Å². The highest BCUT2D eigenvalue weighted by Gasteiger charge is 2.23. The Morgan fingerprint density at radius 2 is 2.14 bits per heavy atom. The third-order valence-electron chi connectivity index (χ3n) is 4.87. The molecule has 1 fully saturated rings. The van der Waals surface area contributed by atoms with Crippen LogP contribution in [-0.2, 0) is 11.3 Å². The van der Waals surface area contributed by atoms with Gasteiger partial charge in [0.25, 0.3) is 0 Å². The molecule has 28 heavy (non-hydrogen) atoms. The summed E-state index contributed by atoms with van der Waals surface area (Å²) in [5.74, 6) is 1.42. The van der Waals surface area contributed by atoms with Crippen molar-refractivity contribution in [1.82, 2.24) is 20.5 Å². The molecule has 0 saturated carbocycles. The van der Waals surface area contributed by atoms with Crippen molar-refractivity contribution in [3.05, 3.63) is 42.3 Å². The van der Waals surface area contributed by atoms with Crippen LogP contribution in [0.3, 0.4) is 0 Å². The summed E-state index contributed by atoms with van der Waals surface area (Å²) >= 11 is 0. The van der Waals surface area contributed by atoms with Gasteiger partial charge in [-0.25, -0.2) is 9.98 Å². The smallest absolute Gasteiger partial charge is 0.226 e. The van der Waals surface area contributed by atoms with Crippen LogP contribution < -0.4 is 10.6 Å². The molecule has 1 aliphatic rings. The first kappa shape index (κ1) is 20.4. The molecule has 1 aromatic carbocycles. The van der Waals surface area contributed by atoms with Gasteiger partial charge in [-0.2, -0.15) is 0 Å². The zero-order valence-corrected chi connectivity index (χ0v) is 17.0. The van der Waals surface area contributed by atoms with Gasteiger partial charge in [0, 0.05) is 37.3 Å². The first-order valence-electron chi connectivity index (χ1n) is 10.0. The highest BCUT2D eigenvalue weighted by atomic mass is 16.5. The molecule has 1 aromatic heterocycles. The Morgan fingerprint density at radius 1 is 1.32 bits per heavy atom. The number of morpholine rings is 1. The maximum absolute atomic E-state index is 5.59. The zero-order valence-electron chi connectivity index (χ0n) is 17.0. The molecule has 152 valence electrons. The SMILES string of the molecule is CCNC(=NCc1coc(-c2ccccc2)n1)NCC(C)N1CCOCC1C. The van der Waals surface area contributed by atoms with Crippen molar-refractivity contribution in [2.45, 2.75) is 39.4 Å². The summed E-state index contributed by atoms with van der Waals surface area (Å²) in [4.78, 5) is 11.7. The minimum absolute atomic E-state index is 0.402. The van der Waals surface area contributed by atoms with E-state index in [1.54, 1.807) is 6.26 Å². The van der Waals surface area contributed by atoms with Crippen molar-refractivity contribution in [3.8, 4) is 11.5 Å². The second kappa shape index (κ2) is 10.2. The quantitative estimate of drug-likeness (QED) is 0.563. The Morgan fingerprint density at radius 3 is 2.89 bits per heavy atom. The second-order valence-electron chi connectivity index (χ2n) is 7.10. The van der Waals surface area contributed by atoms with Gasteiger partial charge >= 0.3 is 0 Å². The van der Waals surface area contributed by atoms with E-state index >= 15 is 0 Å². The minimum atomic E-state index is 0.402. The van der Waals surface area contributed by atoms with Crippen LogP contribution >= 0.6 is 0 Å². The lowest BCUT2D eigenvalue weighted by atomic mass is 10.2. The lowest BCUT2D eigenvalue weighted by Gasteiger charge is -2.38. The van der Waals surface area contributed by atoms with Crippen LogP contribution in [0.25, 0.3) is 11.5 Å². The number of rotatable bonds is 7. The van der Waals surface area contributed by atoms with Gasteiger partial charge in [-0.1, -0.05) is 18.2 Å². The molecule has 0 aliphatic carbocycles. The number of aromatic nitrogens is 1. The fraction of sp³-hybridized carbons (Fsp3) is 0.524. The fourth-order valence-electron chi connectivity index (χ4n) is 3.35. The molecular weight excluding hydrogens is 354 g/mol. The Kier molecular flexibility index (Phi) is 7.45. The van der Waals surface area contributed by atoms with Crippen molar-refractivity contribution in [2.75, 3.05) is 32.8 Å². The van der Waals surface area contributed by atoms with Gasteiger partial charge in [0.1, 0.15) is 12.0 Å². The largest absolute Gasteiger partial charge is 0.444 e. The van der Waals surface area contributed by atoms with Crippen LogP contribution in [-0.4, -0.2) is 60.8 Å². The van der Waals surface area contributed by atoms with Gasteiger partial charge < -0.3 is 19.8 Å². The van der Waals surface area contributed by atoms with E-state index in [-0.39, 0.29) is 0 Å².